The summed E-state index contributed by atoms with van der Waals surface area (Å²) in [6.45, 7) is 1.59. The summed E-state index contributed by atoms with van der Waals surface area (Å²) in [5.74, 6) is -0.789. The number of primary amides is 1. The van der Waals surface area contributed by atoms with Gasteiger partial charge in [0, 0.05) is 48.8 Å². The summed E-state index contributed by atoms with van der Waals surface area (Å²) < 4.78 is 15.4. The van der Waals surface area contributed by atoms with E-state index in [1.54, 1.807) is 18.6 Å². The quantitative estimate of drug-likeness (QED) is 0.287. The molecule has 4 aromatic rings. The number of carbonyl (C=O) groups excluding carboxylic acids is 2. The van der Waals surface area contributed by atoms with Gasteiger partial charge in [-0.3, -0.25) is 9.59 Å². The molecule has 0 fully saturated rings. The van der Waals surface area contributed by atoms with Crippen molar-refractivity contribution >= 4 is 28.4 Å². The Morgan fingerprint density at radius 3 is 2.49 bits per heavy atom. The van der Waals surface area contributed by atoms with E-state index in [0.29, 0.717) is 31.7 Å². The molecule has 179 valence electrons. The molecule has 0 atom stereocenters. The second-order valence-electron chi connectivity index (χ2n) is 8.42. The van der Waals surface area contributed by atoms with Crippen LogP contribution in [0.25, 0.3) is 10.9 Å². The Balaban J connectivity index is 1.52. The number of hydrogen-bond acceptors (Lipinski definition) is 3. The van der Waals surface area contributed by atoms with Crippen LogP contribution in [0.5, 0.6) is 0 Å². The van der Waals surface area contributed by atoms with E-state index >= 15 is 0 Å². The van der Waals surface area contributed by atoms with E-state index in [2.05, 4.69) is 15.2 Å². The number of rotatable bonds is 11. The molecule has 1 aromatic heterocycles. The molecule has 2 amide bonds. The smallest absolute Gasteiger partial charge is 0.228 e. The van der Waals surface area contributed by atoms with E-state index < -0.39 is 0 Å². The van der Waals surface area contributed by atoms with Crippen LogP contribution in [0.15, 0.2) is 79.0 Å². The number of nitrogens with zero attached hydrogens (tertiary/aromatic N) is 1. The summed E-state index contributed by atoms with van der Waals surface area (Å²) in [4.78, 5) is 23.6. The van der Waals surface area contributed by atoms with Crippen LogP contribution in [-0.2, 0) is 29.1 Å². The summed E-state index contributed by atoms with van der Waals surface area (Å²) in [5.41, 5.74) is 10.00. The lowest BCUT2D eigenvalue weighted by molar-refractivity contribution is -0.118. The maximum Gasteiger partial charge on any atom is 0.228 e. The number of nitrogens with one attached hydrogen (secondary N) is 2. The fraction of sp³-hybridized carbons (Fsp3) is 0.179. The summed E-state index contributed by atoms with van der Waals surface area (Å²) in [6.07, 6.45) is 4.48. The summed E-state index contributed by atoms with van der Waals surface area (Å²) in [6, 6.07) is 22.0. The van der Waals surface area contributed by atoms with Crippen molar-refractivity contribution in [2.45, 2.75) is 25.9 Å². The van der Waals surface area contributed by atoms with E-state index in [4.69, 9.17) is 5.73 Å². The first-order chi connectivity index (χ1) is 17.0. The van der Waals surface area contributed by atoms with Gasteiger partial charge in [-0.2, -0.15) is 0 Å². The number of carbonyl (C=O) groups is 2. The van der Waals surface area contributed by atoms with Gasteiger partial charge in [0.05, 0.1) is 6.42 Å². The molecular weight excluding hydrogens is 443 g/mol. The summed E-state index contributed by atoms with van der Waals surface area (Å²) >= 11 is 0. The van der Waals surface area contributed by atoms with Crippen molar-refractivity contribution in [3.8, 4) is 0 Å². The molecule has 4 N–H and O–H groups in total. The van der Waals surface area contributed by atoms with Gasteiger partial charge in [0.25, 0.3) is 0 Å². The van der Waals surface area contributed by atoms with E-state index in [-0.39, 0.29) is 24.1 Å². The number of amides is 2. The Bertz CT molecular complexity index is 1300. The molecule has 4 rings (SSSR count). The standard InChI is InChI=1S/C28H28FN4O2/c29-23-9-6-21(7-10-23)18-33-19-22(17-31-15-14-27(30)34)25-16-24(11-12-26(25)33)32-28(35)13-8-20-4-2-1-3-5-20/h1-7,9-13,16,19,31H,8,14-15,17-18H2,(H2,30,34)(H,32,35). The molecule has 35 heavy (non-hydrogen) atoms. The molecular formula is C28H28FN4O2. The zero-order chi connectivity index (χ0) is 24.6. The zero-order valence-electron chi connectivity index (χ0n) is 19.3. The Morgan fingerprint density at radius 1 is 0.971 bits per heavy atom. The molecule has 0 aliphatic carbocycles. The van der Waals surface area contributed by atoms with Gasteiger partial charge in [-0.1, -0.05) is 42.5 Å². The van der Waals surface area contributed by atoms with E-state index in [9.17, 15) is 14.0 Å². The minimum atomic E-state index is -0.354. The van der Waals surface area contributed by atoms with Crippen molar-refractivity contribution in [1.29, 1.82) is 0 Å². The second kappa shape index (κ2) is 11.4. The molecule has 0 unspecified atom stereocenters. The van der Waals surface area contributed by atoms with Crippen molar-refractivity contribution in [3.63, 3.8) is 0 Å². The van der Waals surface area contributed by atoms with Gasteiger partial charge in [0.1, 0.15) is 5.82 Å². The molecule has 1 heterocycles. The van der Waals surface area contributed by atoms with Crippen LogP contribution < -0.4 is 16.4 Å². The lowest BCUT2D eigenvalue weighted by Crippen LogP contribution is -2.21. The Kier molecular flexibility index (Phi) is 7.90. The molecule has 0 bridgehead atoms. The number of benzene rings is 3. The normalized spacial score (nSPS) is 11.0. The molecule has 3 aromatic carbocycles. The maximum atomic E-state index is 13.3. The summed E-state index contributed by atoms with van der Waals surface area (Å²) in [7, 11) is 0. The molecule has 0 saturated carbocycles. The van der Waals surface area contributed by atoms with Crippen LogP contribution in [0.2, 0.25) is 0 Å². The van der Waals surface area contributed by atoms with Crippen LogP contribution in [0.3, 0.4) is 0 Å². The predicted octanol–water partition coefficient (Wildman–Crippen LogP) is 4.18. The van der Waals surface area contributed by atoms with Gasteiger partial charge in [-0.15, -0.1) is 0 Å². The van der Waals surface area contributed by atoms with E-state index in [1.807, 2.05) is 54.7 Å². The lowest BCUT2D eigenvalue weighted by Gasteiger charge is -2.08. The Labute approximate surface area is 203 Å². The highest BCUT2D eigenvalue weighted by atomic mass is 19.1. The highest BCUT2D eigenvalue weighted by Crippen LogP contribution is 2.26. The van der Waals surface area contributed by atoms with Gasteiger partial charge < -0.3 is 20.9 Å². The van der Waals surface area contributed by atoms with Crippen LogP contribution in [0.4, 0.5) is 10.1 Å². The van der Waals surface area contributed by atoms with Crippen molar-refractivity contribution in [2.24, 2.45) is 5.73 Å². The van der Waals surface area contributed by atoms with Crippen LogP contribution in [-0.4, -0.2) is 22.9 Å². The average Bonchev–Trinajstić information content (AvgIpc) is 3.19. The summed E-state index contributed by atoms with van der Waals surface area (Å²) in [5, 5.41) is 7.19. The van der Waals surface area contributed by atoms with Gasteiger partial charge in [-0.25, -0.2) is 4.39 Å². The fourth-order valence-corrected chi connectivity index (χ4v) is 3.96. The van der Waals surface area contributed by atoms with Crippen molar-refractivity contribution in [2.75, 3.05) is 11.9 Å². The molecule has 1 radical (unpaired) electrons. The van der Waals surface area contributed by atoms with Gasteiger partial charge in [0.2, 0.25) is 11.8 Å². The third-order valence-electron chi connectivity index (χ3n) is 5.73. The molecule has 7 heteroatoms. The van der Waals surface area contributed by atoms with Crippen LogP contribution in [0.1, 0.15) is 23.1 Å². The molecule has 0 aliphatic heterocycles. The third kappa shape index (κ3) is 6.77. The monoisotopic (exact) mass is 471 g/mol. The first-order valence-corrected chi connectivity index (χ1v) is 11.5. The number of fused-ring (bicyclic) bond motifs is 1. The van der Waals surface area contributed by atoms with Gasteiger partial charge in [-0.05, 0) is 53.4 Å². The first-order valence-electron chi connectivity index (χ1n) is 11.5. The number of nitrogens with two attached hydrogens (primary N) is 1. The van der Waals surface area contributed by atoms with Gasteiger partial charge in [0.15, 0.2) is 0 Å². The molecule has 0 spiro atoms. The number of aromatic nitrogens is 1. The Hall–Kier alpha value is -3.97. The lowest BCUT2D eigenvalue weighted by atomic mass is 10.1. The highest BCUT2D eigenvalue weighted by Gasteiger charge is 2.12. The van der Waals surface area contributed by atoms with E-state index in [0.717, 1.165) is 27.6 Å². The van der Waals surface area contributed by atoms with Crippen molar-refractivity contribution < 1.29 is 14.0 Å². The van der Waals surface area contributed by atoms with E-state index in [1.165, 1.54) is 12.1 Å². The second-order valence-corrected chi connectivity index (χ2v) is 8.42. The molecule has 0 saturated heterocycles. The molecule has 0 aliphatic rings. The number of anilines is 1. The minimum absolute atomic E-state index is 0.167. The molecule has 6 nitrogen and oxygen atoms in total. The SMILES string of the molecule is NC(=O)CCNCc1cn(Cc2ccc(F)cc2)c2ccc(NC(=O)[CH]Cc3ccccc3)cc12. The average molecular weight is 472 g/mol. The number of halogens is 1. The van der Waals surface area contributed by atoms with Crippen molar-refractivity contribution in [3.05, 3.63) is 108 Å². The van der Waals surface area contributed by atoms with Crippen molar-refractivity contribution in [1.82, 2.24) is 9.88 Å². The Morgan fingerprint density at radius 2 is 1.74 bits per heavy atom. The third-order valence-corrected chi connectivity index (χ3v) is 5.73. The minimum Gasteiger partial charge on any atom is -0.370 e. The number of hydrogen-bond donors (Lipinski definition) is 3. The maximum absolute atomic E-state index is 13.3. The largest absolute Gasteiger partial charge is 0.370 e. The fourth-order valence-electron chi connectivity index (χ4n) is 3.96. The highest BCUT2D eigenvalue weighted by molar-refractivity contribution is 5.99. The zero-order valence-corrected chi connectivity index (χ0v) is 19.3. The van der Waals surface area contributed by atoms with Gasteiger partial charge >= 0.3 is 0 Å². The first kappa shape index (κ1) is 24.2. The van der Waals surface area contributed by atoms with Crippen LogP contribution in [0, 0.1) is 12.2 Å². The topological polar surface area (TPSA) is 89.2 Å². The van der Waals surface area contributed by atoms with Crippen LogP contribution >= 0.6 is 0 Å². The predicted molar refractivity (Wildman–Crippen MR) is 136 cm³/mol.